The van der Waals surface area contributed by atoms with Crippen molar-refractivity contribution in [3.63, 3.8) is 0 Å². The molecule has 0 bridgehead atoms. The van der Waals surface area contributed by atoms with Crippen molar-refractivity contribution in [3.8, 4) is 0 Å². The largest absolute Gasteiger partial charge is 0.344 e. The summed E-state index contributed by atoms with van der Waals surface area (Å²) in [6.07, 6.45) is 13.1. The van der Waals surface area contributed by atoms with Crippen LogP contribution in [-0.2, 0) is 14.3 Å². The monoisotopic (exact) mass is 470 g/mol. The lowest BCUT2D eigenvalue weighted by molar-refractivity contribution is -0.160. The van der Waals surface area contributed by atoms with E-state index in [-0.39, 0.29) is 23.5 Å². The van der Waals surface area contributed by atoms with Crippen molar-refractivity contribution in [2.24, 2.45) is 58.2 Å². The van der Waals surface area contributed by atoms with Crippen LogP contribution in [0.15, 0.2) is 12.2 Å². The SMILES string of the molecule is CC(C)[C@@H](C)[C@@H]1OC(C)(C)O[C@H]1[C@@H](C)[C@H]1CC[C@H]2[C@@H]3CC(=O)[C@H]4CC=CC[C@]4(C)[C@H]3CC[C@]12C. The number of Topliss-reactive ketones (excluding diaryl/α,β-unsaturated/α-hetero) is 1. The lowest BCUT2D eigenvalue weighted by atomic mass is 9.45. The van der Waals surface area contributed by atoms with Gasteiger partial charge in [-0.3, -0.25) is 4.79 Å². The molecule has 34 heavy (non-hydrogen) atoms. The summed E-state index contributed by atoms with van der Waals surface area (Å²) in [4.78, 5) is 13.4. The first kappa shape index (κ1) is 25.0. The minimum absolute atomic E-state index is 0.157. The number of fused-ring (bicyclic) bond motifs is 5. The second kappa shape index (κ2) is 8.44. The first-order valence-corrected chi connectivity index (χ1v) is 14.4. The van der Waals surface area contributed by atoms with Crippen LogP contribution in [0.3, 0.4) is 0 Å². The highest BCUT2D eigenvalue weighted by molar-refractivity contribution is 5.83. The van der Waals surface area contributed by atoms with E-state index in [4.69, 9.17) is 9.47 Å². The third-order valence-corrected chi connectivity index (χ3v) is 12.0. The normalized spacial score (nSPS) is 49.4. The van der Waals surface area contributed by atoms with Crippen molar-refractivity contribution in [3.05, 3.63) is 12.2 Å². The number of rotatable bonds is 4. The lowest BCUT2D eigenvalue weighted by Gasteiger charge is -2.59. The summed E-state index contributed by atoms with van der Waals surface area (Å²) in [5.74, 6) is 4.48. The zero-order valence-corrected chi connectivity index (χ0v) is 23.1. The first-order valence-electron chi connectivity index (χ1n) is 14.4. The minimum Gasteiger partial charge on any atom is -0.344 e. The molecule has 0 radical (unpaired) electrons. The number of hydrogen-bond donors (Lipinski definition) is 0. The fraction of sp³-hybridized carbons (Fsp3) is 0.903. The van der Waals surface area contributed by atoms with E-state index in [9.17, 15) is 4.79 Å². The summed E-state index contributed by atoms with van der Waals surface area (Å²) in [5, 5.41) is 0. The Labute approximate surface area is 208 Å². The van der Waals surface area contributed by atoms with Gasteiger partial charge >= 0.3 is 0 Å². The Morgan fingerprint density at radius 1 is 0.882 bits per heavy atom. The molecule has 3 heteroatoms. The van der Waals surface area contributed by atoms with Gasteiger partial charge in [0.2, 0.25) is 0 Å². The number of hydrogen-bond acceptors (Lipinski definition) is 3. The van der Waals surface area contributed by atoms with Crippen LogP contribution in [0, 0.1) is 58.2 Å². The fourth-order valence-electron chi connectivity index (χ4n) is 9.80. The van der Waals surface area contributed by atoms with Gasteiger partial charge in [0.05, 0.1) is 12.2 Å². The number of ether oxygens (including phenoxy) is 2. The molecule has 0 amide bonds. The molecule has 11 atom stereocenters. The van der Waals surface area contributed by atoms with Crippen LogP contribution in [-0.4, -0.2) is 23.8 Å². The average molecular weight is 471 g/mol. The maximum absolute atomic E-state index is 13.4. The van der Waals surface area contributed by atoms with Gasteiger partial charge in [0.1, 0.15) is 5.78 Å². The molecule has 1 saturated heterocycles. The van der Waals surface area contributed by atoms with Crippen LogP contribution in [0.5, 0.6) is 0 Å². The molecule has 3 nitrogen and oxygen atoms in total. The molecule has 3 saturated carbocycles. The lowest BCUT2D eigenvalue weighted by Crippen LogP contribution is -2.56. The number of carbonyl (C=O) groups excluding carboxylic acids is 1. The molecule has 0 aromatic heterocycles. The second-order valence-corrected chi connectivity index (χ2v) is 14.3. The number of ketones is 1. The number of carbonyl (C=O) groups is 1. The minimum atomic E-state index is -0.503. The highest BCUT2D eigenvalue weighted by Crippen LogP contribution is 2.67. The average Bonchev–Trinajstić information content (AvgIpc) is 3.29. The summed E-state index contributed by atoms with van der Waals surface area (Å²) >= 11 is 0. The Balaban J connectivity index is 1.40. The molecule has 1 heterocycles. The molecule has 4 aliphatic carbocycles. The van der Waals surface area contributed by atoms with E-state index < -0.39 is 5.79 Å². The van der Waals surface area contributed by atoms with Gasteiger partial charge in [-0.2, -0.15) is 0 Å². The Morgan fingerprint density at radius 3 is 2.26 bits per heavy atom. The third-order valence-electron chi connectivity index (χ3n) is 12.0. The molecule has 1 aliphatic heterocycles. The second-order valence-electron chi connectivity index (χ2n) is 14.3. The van der Waals surface area contributed by atoms with Crippen LogP contribution in [0.25, 0.3) is 0 Å². The molecule has 4 fully saturated rings. The van der Waals surface area contributed by atoms with Crippen LogP contribution in [0.4, 0.5) is 0 Å². The molecule has 0 N–H and O–H groups in total. The van der Waals surface area contributed by atoms with Crippen LogP contribution in [0.1, 0.15) is 100 Å². The maximum atomic E-state index is 13.4. The summed E-state index contributed by atoms with van der Waals surface area (Å²) < 4.78 is 13.2. The summed E-state index contributed by atoms with van der Waals surface area (Å²) in [6, 6.07) is 0. The van der Waals surface area contributed by atoms with E-state index in [2.05, 4.69) is 67.5 Å². The molecule has 0 spiro atoms. The van der Waals surface area contributed by atoms with Gasteiger partial charge < -0.3 is 9.47 Å². The Morgan fingerprint density at radius 2 is 1.56 bits per heavy atom. The van der Waals surface area contributed by atoms with Gasteiger partial charge in [-0.15, -0.1) is 0 Å². The molecule has 5 rings (SSSR count). The van der Waals surface area contributed by atoms with Crippen molar-refractivity contribution >= 4 is 5.78 Å². The Bertz CT molecular complexity index is 829. The van der Waals surface area contributed by atoms with Crippen molar-refractivity contribution < 1.29 is 14.3 Å². The van der Waals surface area contributed by atoms with Crippen molar-refractivity contribution in [1.82, 2.24) is 0 Å². The van der Waals surface area contributed by atoms with Crippen molar-refractivity contribution in [2.75, 3.05) is 0 Å². The Kier molecular flexibility index (Phi) is 6.20. The van der Waals surface area contributed by atoms with E-state index in [0.29, 0.717) is 52.6 Å². The van der Waals surface area contributed by atoms with E-state index >= 15 is 0 Å². The topological polar surface area (TPSA) is 35.5 Å². The highest BCUT2D eigenvalue weighted by Gasteiger charge is 2.63. The van der Waals surface area contributed by atoms with E-state index in [0.717, 1.165) is 19.3 Å². The third kappa shape index (κ3) is 3.69. The molecule has 0 aromatic rings. The van der Waals surface area contributed by atoms with Crippen molar-refractivity contribution in [2.45, 2.75) is 118 Å². The van der Waals surface area contributed by atoms with E-state index in [1.54, 1.807) is 0 Å². The molecule has 192 valence electrons. The quantitative estimate of drug-likeness (QED) is 0.401. The van der Waals surface area contributed by atoms with Gasteiger partial charge in [0, 0.05) is 12.3 Å². The molecular weight excluding hydrogens is 420 g/mol. The van der Waals surface area contributed by atoms with Crippen molar-refractivity contribution in [1.29, 1.82) is 0 Å². The van der Waals surface area contributed by atoms with Gasteiger partial charge in [-0.25, -0.2) is 0 Å². The molecule has 0 aromatic carbocycles. The van der Waals surface area contributed by atoms with Gasteiger partial charge in [-0.05, 0) is 105 Å². The van der Waals surface area contributed by atoms with E-state index in [1.807, 2.05) is 0 Å². The predicted molar refractivity (Wildman–Crippen MR) is 137 cm³/mol. The van der Waals surface area contributed by atoms with Gasteiger partial charge in [0.25, 0.3) is 0 Å². The molecule has 0 unspecified atom stereocenters. The summed E-state index contributed by atoms with van der Waals surface area (Å²) in [6.45, 7) is 18.6. The first-order chi connectivity index (χ1) is 15.9. The van der Waals surface area contributed by atoms with E-state index in [1.165, 1.54) is 25.7 Å². The van der Waals surface area contributed by atoms with Crippen LogP contribution >= 0.6 is 0 Å². The standard InChI is InChI=1S/C31H50O3/c1-18(2)19(3)27-28(34-29(5,6)33-27)20(4)22-12-13-23-21-17-26(32)25-11-9-10-15-30(25,7)24(21)14-16-31(22,23)8/h9-10,18-25,27-28H,11-17H2,1-8H3/t19-,20+,21+,22-,23+,24+,25-,27+,28+,30-,31-/m1/s1. The fourth-order valence-corrected chi connectivity index (χ4v) is 9.80. The zero-order valence-electron chi connectivity index (χ0n) is 23.1. The van der Waals surface area contributed by atoms with Gasteiger partial charge in [-0.1, -0.05) is 53.7 Å². The smallest absolute Gasteiger partial charge is 0.163 e. The molecular formula is C31H50O3. The van der Waals surface area contributed by atoms with Crippen LogP contribution in [0.2, 0.25) is 0 Å². The Hall–Kier alpha value is -0.670. The maximum Gasteiger partial charge on any atom is 0.163 e. The zero-order chi connectivity index (χ0) is 24.6. The predicted octanol–water partition coefficient (Wildman–Crippen LogP) is 7.44. The highest BCUT2D eigenvalue weighted by atomic mass is 16.8. The van der Waals surface area contributed by atoms with Gasteiger partial charge in [0.15, 0.2) is 5.79 Å². The summed E-state index contributed by atoms with van der Waals surface area (Å²) in [7, 11) is 0. The van der Waals surface area contributed by atoms with Crippen LogP contribution < -0.4 is 0 Å². The molecule has 5 aliphatic rings. The summed E-state index contributed by atoms with van der Waals surface area (Å²) in [5.41, 5.74) is 0.500. The number of allylic oxidation sites excluding steroid dienone is 2.